The van der Waals surface area contributed by atoms with E-state index in [2.05, 4.69) is 164 Å². The van der Waals surface area contributed by atoms with Crippen LogP contribution in [0.3, 0.4) is 0 Å². The summed E-state index contributed by atoms with van der Waals surface area (Å²) in [5.74, 6) is 0. The fraction of sp³-hybridized carbons (Fsp3) is 0. The van der Waals surface area contributed by atoms with Gasteiger partial charge >= 0.3 is 0 Å². The molecule has 0 spiro atoms. The summed E-state index contributed by atoms with van der Waals surface area (Å²) >= 11 is 0. The highest BCUT2D eigenvalue weighted by atomic mass is 16.3. The molecule has 1 heterocycles. The van der Waals surface area contributed by atoms with Crippen LogP contribution < -0.4 is 0 Å². The molecule has 210 valence electrons. The third-order valence-electron chi connectivity index (χ3n) is 9.06. The van der Waals surface area contributed by atoms with E-state index >= 15 is 0 Å². The smallest absolute Gasteiger partial charge is 0.136 e. The minimum Gasteiger partial charge on any atom is -0.456 e. The van der Waals surface area contributed by atoms with Crippen molar-refractivity contribution in [3.8, 4) is 44.5 Å². The normalized spacial score (nSPS) is 11.6. The van der Waals surface area contributed by atoms with Crippen molar-refractivity contribution in [3.63, 3.8) is 0 Å². The van der Waals surface area contributed by atoms with Crippen LogP contribution >= 0.6 is 0 Å². The fourth-order valence-corrected chi connectivity index (χ4v) is 7.05. The zero-order valence-corrected chi connectivity index (χ0v) is 24.6. The van der Waals surface area contributed by atoms with Gasteiger partial charge in [-0.1, -0.05) is 146 Å². The molecule has 0 aliphatic heterocycles. The standard InChI is InChI=1S/C44H28O/c1-4-13-29(14-5-1)32-23-25-35-38(27-32)43(31-17-8-3-9-18-31)39-28-33(24-26-36(39)42(35)30-15-6-2-7-16-30)34-20-12-22-41-44(34)37-19-10-11-21-40(37)45-41/h1-28H. The van der Waals surface area contributed by atoms with E-state index in [4.69, 9.17) is 4.42 Å². The summed E-state index contributed by atoms with van der Waals surface area (Å²) < 4.78 is 6.28. The second-order valence-electron chi connectivity index (χ2n) is 11.6. The molecule has 1 aromatic heterocycles. The molecule has 0 saturated heterocycles. The van der Waals surface area contributed by atoms with E-state index in [-0.39, 0.29) is 0 Å². The number of hydrogen-bond donors (Lipinski definition) is 0. The van der Waals surface area contributed by atoms with E-state index in [0.717, 1.165) is 21.9 Å². The van der Waals surface area contributed by atoms with Crippen LogP contribution in [0.15, 0.2) is 174 Å². The van der Waals surface area contributed by atoms with Gasteiger partial charge in [0.15, 0.2) is 0 Å². The van der Waals surface area contributed by atoms with Crippen LogP contribution in [-0.2, 0) is 0 Å². The molecule has 9 aromatic rings. The van der Waals surface area contributed by atoms with Gasteiger partial charge in [-0.3, -0.25) is 0 Å². The van der Waals surface area contributed by atoms with Gasteiger partial charge in [-0.15, -0.1) is 0 Å². The minimum absolute atomic E-state index is 0.910. The lowest BCUT2D eigenvalue weighted by atomic mass is 9.83. The Labute approximate surface area is 261 Å². The number of hydrogen-bond acceptors (Lipinski definition) is 1. The second-order valence-corrected chi connectivity index (χ2v) is 11.6. The zero-order valence-electron chi connectivity index (χ0n) is 24.6. The average Bonchev–Trinajstić information content (AvgIpc) is 3.50. The summed E-state index contributed by atoms with van der Waals surface area (Å²) in [4.78, 5) is 0. The molecule has 1 nitrogen and oxygen atoms in total. The molecule has 9 rings (SSSR count). The van der Waals surface area contributed by atoms with Gasteiger partial charge in [-0.2, -0.15) is 0 Å². The highest BCUT2D eigenvalue weighted by molar-refractivity contribution is 6.23. The van der Waals surface area contributed by atoms with Crippen LogP contribution in [0.25, 0.3) is 88.0 Å². The van der Waals surface area contributed by atoms with Crippen molar-refractivity contribution in [2.24, 2.45) is 0 Å². The van der Waals surface area contributed by atoms with Gasteiger partial charge in [0.2, 0.25) is 0 Å². The predicted molar refractivity (Wildman–Crippen MR) is 190 cm³/mol. The summed E-state index contributed by atoms with van der Waals surface area (Å²) in [5, 5.41) is 7.28. The first kappa shape index (κ1) is 25.6. The third-order valence-corrected chi connectivity index (χ3v) is 9.06. The molecule has 0 aliphatic carbocycles. The molecule has 0 unspecified atom stereocenters. The van der Waals surface area contributed by atoms with Crippen LogP contribution in [0, 0.1) is 0 Å². The maximum absolute atomic E-state index is 6.28. The molecule has 1 heteroatoms. The lowest BCUT2D eigenvalue weighted by Crippen LogP contribution is -1.92. The molecule has 8 aromatic carbocycles. The Morgan fingerprint density at radius 3 is 1.47 bits per heavy atom. The fourth-order valence-electron chi connectivity index (χ4n) is 7.05. The van der Waals surface area contributed by atoms with E-state index in [1.54, 1.807) is 0 Å². The summed E-state index contributed by atoms with van der Waals surface area (Å²) in [7, 11) is 0. The van der Waals surface area contributed by atoms with Gasteiger partial charge in [0.1, 0.15) is 11.2 Å². The Morgan fingerprint density at radius 1 is 0.289 bits per heavy atom. The van der Waals surface area contributed by atoms with Crippen molar-refractivity contribution in [3.05, 3.63) is 170 Å². The van der Waals surface area contributed by atoms with Crippen molar-refractivity contribution in [2.75, 3.05) is 0 Å². The van der Waals surface area contributed by atoms with Crippen molar-refractivity contribution in [2.45, 2.75) is 0 Å². The molecule has 0 amide bonds. The van der Waals surface area contributed by atoms with Gasteiger partial charge in [0.25, 0.3) is 0 Å². The van der Waals surface area contributed by atoms with Gasteiger partial charge in [0, 0.05) is 10.8 Å². The van der Waals surface area contributed by atoms with E-state index in [1.807, 2.05) is 6.07 Å². The van der Waals surface area contributed by atoms with E-state index in [0.29, 0.717) is 0 Å². The molecule has 0 fully saturated rings. The number of para-hydroxylation sites is 1. The number of rotatable bonds is 4. The molecule has 0 aliphatic rings. The Morgan fingerprint density at radius 2 is 0.800 bits per heavy atom. The van der Waals surface area contributed by atoms with Crippen molar-refractivity contribution in [1.82, 2.24) is 0 Å². The maximum Gasteiger partial charge on any atom is 0.136 e. The number of furan rings is 1. The molecular weight excluding hydrogens is 544 g/mol. The van der Waals surface area contributed by atoms with Crippen molar-refractivity contribution < 1.29 is 4.42 Å². The molecule has 0 radical (unpaired) electrons. The molecule has 0 atom stereocenters. The second kappa shape index (κ2) is 10.4. The van der Waals surface area contributed by atoms with Crippen molar-refractivity contribution >= 4 is 43.5 Å². The van der Waals surface area contributed by atoms with Crippen LogP contribution in [0.2, 0.25) is 0 Å². The monoisotopic (exact) mass is 572 g/mol. The predicted octanol–water partition coefficient (Wildman–Crippen LogP) is 12.6. The van der Waals surface area contributed by atoms with Crippen LogP contribution in [0.1, 0.15) is 0 Å². The zero-order chi connectivity index (χ0) is 29.7. The molecule has 45 heavy (non-hydrogen) atoms. The lowest BCUT2D eigenvalue weighted by Gasteiger charge is -2.20. The highest BCUT2D eigenvalue weighted by Gasteiger charge is 2.19. The Kier molecular flexibility index (Phi) is 5.89. The number of fused-ring (bicyclic) bond motifs is 5. The quantitative estimate of drug-likeness (QED) is 0.191. The average molecular weight is 573 g/mol. The van der Waals surface area contributed by atoms with Crippen molar-refractivity contribution in [1.29, 1.82) is 0 Å². The largest absolute Gasteiger partial charge is 0.456 e. The van der Waals surface area contributed by atoms with E-state index in [9.17, 15) is 0 Å². The SMILES string of the molecule is c1ccc(-c2ccc3c(-c4ccccc4)c4ccc(-c5cccc6oc7ccccc7c56)cc4c(-c4ccccc4)c3c2)cc1. The maximum atomic E-state index is 6.28. The number of benzene rings is 8. The highest BCUT2D eigenvalue weighted by Crippen LogP contribution is 2.46. The Hall–Kier alpha value is -5.92. The van der Waals surface area contributed by atoms with E-state index < -0.39 is 0 Å². The Balaban J connectivity index is 1.43. The molecule has 0 saturated carbocycles. The van der Waals surface area contributed by atoms with Crippen LogP contribution in [0.5, 0.6) is 0 Å². The van der Waals surface area contributed by atoms with Crippen LogP contribution in [-0.4, -0.2) is 0 Å². The molecule has 0 bridgehead atoms. The minimum atomic E-state index is 0.910. The summed E-state index contributed by atoms with van der Waals surface area (Å²) in [6.07, 6.45) is 0. The van der Waals surface area contributed by atoms with Gasteiger partial charge < -0.3 is 4.42 Å². The third kappa shape index (κ3) is 4.17. The lowest BCUT2D eigenvalue weighted by molar-refractivity contribution is 0.669. The topological polar surface area (TPSA) is 13.1 Å². The molecular formula is C44H28O. The first-order valence-corrected chi connectivity index (χ1v) is 15.4. The van der Waals surface area contributed by atoms with E-state index in [1.165, 1.54) is 66.1 Å². The van der Waals surface area contributed by atoms with Gasteiger partial charge in [0.05, 0.1) is 0 Å². The van der Waals surface area contributed by atoms with Crippen LogP contribution in [0.4, 0.5) is 0 Å². The molecule has 0 N–H and O–H groups in total. The first-order chi connectivity index (χ1) is 22.3. The first-order valence-electron chi connectivity index (χ1n) is 15.4. The van der Waals surface area contributed by atoms with Gasteiger partial charge in [-0.25, -0.2) is 0 Å². The Bertz CT molecular complexity index is 2510. The summed E-state index contributed by atoms with van der Waals surface area (Å²) in [6.45, 7) is 0. The summed E-state index contributed by atoms with van der Waals surface area (Å²) in [6, 6.07) is 61.1. The summed E-state index contributed by atoms with van der Waals surface area (Å²) in [5.41, 5.74) is 11.5. The van der Waals surface area contributed by atoms with Gasteiger partial charge in [-0.05, 0) is 90.3 Å².